The fraction of sp³-hybridized carbons (Fsp3) is 0.304. The van der Waals surface area contributed by atoms with Crippen LogP contribution in [0.4, 0.5) is 0 Å². The third kappa shape index (κ3) is 6.01. The molecule has 2 aromatic carbocycles. The van der Waals surface area contributed by atoms with Crippen molar-refractivity contribution >= 4 is 5.96 Å². The molecule has 0 saturated carbocycles. The Hall–Kier alpha value is -3.48. The summed E-state index contributed by atoms with van der Waals surface area (Å²) in [4.78, 5) is 8.41. The number of aromatic nitrogens is 2. The van der Waals surface area contributed by atoms with E-state index in [-0.39, 0.29) is 0 Å². The van der Waals surface area contributed by atoms with E-state index in [2.05, 4.69) is 49.4 Å². The summed E-state index contributed by atoms with van der Waals surface area (Å²) >= 11 is 0. The molecule has 158 valence electrons. The highest BCUT2D eigenvalue weighted by Crippen LogP contribution is 2.27. The standard InChI is InChI=1S/C23H29N5O2/c1-24-23(26-10-9-18-7-8-21(29-2)22(14-18)30-3)27-15-19-5-4-6-20(13-19)16-28-12-11-25-17-28/h4-8,11-14,17H,9-10,15-16H2,1-3H3,(H2,24,26,27). The molecule has 0 radical (unpaired) electrons. The van der Waals surface area contributed by atoms with Gasteiger partial charge in [0.15, 0.2) is 17.5 Å². The number of hydrogen-bond donors (Lipinski definition) is 2. The highest BCUT2D eigenvalue weighted by Gasteiger charge is 2.05. The number of rotatable bonds is 9. The second-order valence-electron chi connectivity index (χ2n) is 6.85. The Bertz CT molecular complexity index is 954. The number of methoxy groups -OCH3 is 2. The molecule has 0 atom stereocenters. The topological polar surface area (TPSA) is 72.7 Å². The summed E-state index contributed by atoms with van der Waals surface area (Å²) in [5, 5.41) is 6.73. The first-order valence-corrected chi connectivity index (χ1v) is 9.91. The van der Waals surface area contributed by atoms with Crippen LogP contribution in [0.3, 0.4) is 0 Å². The van der Waals surface area contributed by atoms with Gasteiger partial charge in [-0.1, -0.05) is 30.3 Å². The number of nitrogens with one attached hydrogen (secondary N) is 2. The molecule has 3 rings (SSSR count). The van der Waals surface area contributed by atoms with Crippen LogP contribution in [-0.4, -0.2) is 43.3 Å². The van der Waals surface area contributed by atoms with Crippen LogP contribution >= 0.6 is 0 Å². The van der Waals surface area contributed by atoms with Gasteiger partial charge in [-0.05, 0) is 35.2 Å². The zero-order valence-corrected chi connectivity index (χ0v) is 17.8. The molecule has 1 aromatic heterocycles. The van der Waals surface area contributed by atoms with Gasteiger partial charge in [0.1, 0.15) is 0 Å². The highest BCUT2D eigenvalue weighted by molar-refractivity contribution is 5.79. The molecule has 0 aliphatic carbocycles. The maximum atomic E-state index is 5.37. The van der Waals surface area contributed by atoms with E-state index >= 15 is 0 Å². The third-order valence-electron chi connectivity index (χ3n) is 4.75. The molecule has 0 spiro atoms. The Kier molecular flexibility index (Phi) is 7.71. The second kappa shape index (κ2) is 10.9. The number of nitrogens with zero attached hydrogens (tertiary/aromatic N) is 3. The van der Waals surface area contributed by atoms with Gasteiger partial charge in [0.25, 0.3) is 0 Å². The lowest BCUT2D eigenvalue weighted by Gasteiger charge is -2.13. The van der Waals surface area contributed by atoms with Gasteiger partial charge in [-0.25, -0.2) is 4.98 Å². The summed E-state index contributed by atoms with van der Waals surface area (Å²) in [6, 6.07) is 14.5. The van der Waals surface area contributed by atoms with E-state index in [1.54, 1.807) is 27.5 Å². The molecule has 0 aliphatic heterocycles. The van der Waals surface area contributed by atoms with E-state index < -0.39 is 0 Å². The lowest BCUT2D eigenvalue weighted by Crippen LogP contribution is -2.37. The van der Waals surface area contributed by atoms with E-state index in [1.807, 2.05) is 30.7 Å². The van der Waals surface area contributed by atoms with Crippen LogP contribution in [-0.2, 0) is 19.5 Å². The van der Waals surface area contributed by atoms with Crippen molar-refractivity contribution < 1.29 is 9.47 Å². The Morgan fingerprint density at radius 1 is 1.00 bits per heavy atom. The molecule has 0 amide bonds. The monoisotopic (exact) mass is 407 g/mol. The van der Waals surface area contributed by atoms with Crippen LogP contribution in [0.5, 0.6) is 11.5 Å². The average molecular weight is 408 g/mol. The first kappa shape index (κ1) is 21.2. The van der Waals surface area contributed by atoms with E-state index in [0.29, 0.717) is 6.54 Å². The molecule has 0 fully saturated rings. The van der Waals surface area contributed by atoms with E-state index in [1.165, 1.54) is 16.7 Å². The van der Waals surface area contributed by atoms with Gasteiger partial charge < -0.3 is 24.7 Å². The summed E-state index contributed by atoms with van der Waals surface area (Å²) in [7, 11) is 5.07. The summed E-state index contributed by atoms with van der Waals surface area (Å²) in [5.41, 5.74) is 3.61. The van der Waals surface area contributed by atoms with E-state index in [9.17, 15) is 0 Å². The Morgan fingerprint density at radius 2 is 1.83 bits per heavy atom. The molecule has 0 unspecified atom stereocenters. The minimum Gasteiger partial charge on any atom is -0.493 e. The van der Waals surface area contributed by atoms with Crippen molar-refractivity contribution in [2.24, 2.45) is 4.99 Å². The van der Waals surface area contributed by atoms with Crippen molar-refractivity contribution in [1.82, 2.24) is 20.2 Å². The predicted molar refractivity (Wildman–Crippen MR) is 119 cm³/mol. The molecule has 7 nitrogen and oxygen atoms in total. The van der Waals surface area contributed by atoms with Crippen molar-refractivity contribution in [3.05, 3.63) is 77.9 Å². The van der Waals surface area contributed by atoms with Crippen molar-refractivity contribution in [3.63, 3.8) is 0 Å². The van der Waals surface area contributed by atoms with Gasteiger partial charge in [0.05, 0.1) is 20.5 Å². The minimum absolute atomic E-state index is 0.702. The largest absolute Gasteiger partial charge is 0.493 e. The fourth-order valence-electron chi connectivity index (χ4n) is 3.20. The Morgan fingerprint density at radius 3 is 2.57 bits per heavy atom. The smallest absolute Gasteiger partial charge is 0.191 e. The number of guanidine groups is 1. The molecule has 0 bridgehead atoms. The highest BCUT2D eigenvalue weighted by atomic mass is 16.5. The molecular weight excluding hydrogens is 378 g/mol. The van der Waals surface area contributed by atoms with Crippen LogP contribution in [0.1, 0.15) is 16.7 Å². The van der Waals surface area contributed by atoms with E-state index in [0.717, 1.165) is 37.0 Å². The Labute approximate surface area is 177 Å². The third-order valence-corrected chi connectivity index (χ3v) is 4.75. The summed E-state index contributed by atoms with van der Waals surface area (Å²) in [6.07, 6.45) is 6.44. The van der Waals surface area contributed by atoms with Crippen LogP contribution in [0.2, 0.25) is 0 Å². The summed E-state index contributed by atoms with van der Waals surface area (Å²) in [6.45, 7) is 2.27. The number of ether oxygens (including phenoxy) is 2. The van der Waals surface area contributed by atoms with Crippen molar-refractivity contribution in [3.8, 4) is 11.5 Å². The van der Waals surface area contributed by atoms with Crippen molar-refractivity contribution in [2.75, 3.05) is 27.8 Å². The molecule has 3 aromatic rings. The van der Waals surface area contributed by atoms with Gasteiger partial charge in [-0.15, -0.1) is 0 Å². The molecule has 30 heavy (non-hydrogen) atoms. The van der Waals surface area contributed by atoms with Crippen molar-refractivity contribution in [2.45, 2.75) is 19.5 Å². The van der Waals surface area contributed by atoms with Crippen LogP contribution < -0.4 is 20.1 Å². The maximum absolute atomic E-state index is 5.37. The van der Waals surface area contributed by atoms with Gasteiger partial charge in [-0.2, -0.15) is 0 Å². The summed E-state index contributed by atoms with van der Waals surface area (Å²) in [5.74, 6) is 2.26. The van der Waals surface area contributed by atoms with Gasteiger partial charge >= 0.3 is 0 Å². The van der Waals surface area contributed by atoms with Crippen molar-refractivity contribution in [1.29, 1.82) is 0 Å². The first-order valence-electron chi connectivity index (χ1n) is 9.91. The zero-order chi connectivity index (χ0) is 21.2. The average Bonchev–Trinajstić information content (AvgIpc) is 3.29. The molecular formula is C23H29N5O2. The zero-order valence-electron chi connectivity index (χ0n) is 17.8. The summed E-state index contributed by atoms with van der Waals surface area (Å²) < 4.78 is 12.7. The lowest BCUT2D eigenvalue weighted by molar-refractivity contribution is 0.354. The molecule has 0 aliphatic rings. The number of aliphatic imine (C=N–C) groups is 1. The molecule has 7 heteroatoms. The lowest BCUT2D eigenvalue weighted by atomic mass is 10.1. The first-order chi connectivity index (χ1) is 14.7. The minimum atomic E-state index is 0.702. The quantitative estimate of drug-likeness (QED) is 0.422. The number of imidazole rings is 1. The number of hydrogen-bond acceptors (Lipinski definition) is 4. The fourth-order valence-corrected chi connectivity index (χ4v) is 3.20. The SMILES string of the molecule is CN=C(NCCc1ccc(OC)c(OC)c1)NCc1cccc(Cn2ccnc2)c1. The maximum Gasteiger partial charge on any atom is 0.191 e. The Balaban J connectivity index is 1.48. The normalized spacial score (nSPS) is 11.2. The number of benzene rings is 2. The van der Waals surface area contributed by atoms with Gasteiger partial charge in [0, 0.05) is 39.1 Å². The van der Waals surface area contributed by atoms with Gasteiger partial charge in [0.2, 0.25) is 0 Å². The van der Waals surface area contributed by atoms with Gasteiger partial charge in [-0.3, -0.25) is 4.99 Å². The van der Waals surface area contributed by atoms with Crippen LogP contribution in [0.15, 0.2) is 66.2 Å². The molecule has 0 saturated heterocycles. The van der Waals surface area contributed by atoms with E-state index in [4.69, 9.17) is 9.47 Å². The van der Waals surface area contributed by atoms with Crippen LogP contribution in [0, 0.1) is 0 Å². The molecule has 1 heterocycles. The predicted octanol–water partition coefficient (Wildman–Crippen LogP) is 2.86. The van der Waals surface area contributed by atoms with Crippen LogP contribution in [0.25, 0.3) is 0 Å². The molecule has 2 N–H and O–H groups in total. The second-order valence-corrected chi connectivity index (χ2v) is 6.85.